The average molecular weight is 430 g/mol. The van der Waals surface area contributed by atoms with Gasteiger partial charge in [0.25, 0.3) is 0 Å². The molecule has 3 aromatic carbocycles. The first-order valence-electron chi connectivity index (χ1n) is 10.6. The van der Waals surface area contributed by atoms with Gasteiger partial charge in [-0.3, -0.25) is 0 Å². The minimum Gasteiger partial charge on any atom is -0.495 e. The Bertz CT molecular complexity index is 1080. The lowest BCUT2D eigenvalue weighted by Gasteiger charge is -2.25. The van der Waals surface area contributed by atoms with E-state index < -0.39 is 0 Å². The summed E-state index contributed by atoms with van der Waals surface area (Å²) in [6.07, 6.45) is 0.439. The highest BCUT2D eigenvalue weighted by Crippen LogP contribution is 2.24. The molecule has 0 aliphatic carbocycles. The molecule has 0 fully saturated rings. The van der Waals surface area contributed by atoms with Crippen LogP contribution in [0.5, 0.6) is 5.75 Å². The van der Waals surface area contributed by atoms with Gasteiger partial charge < -0.3 is 19.8 Å². The fourth-order valence-electron chi connectivity index (χ4n) is 3.65. The van der Waals surface area contributed by atoms with Crippen molar-refractivity contribution < 1.29 is 14.4 Å². The first-order chi connectivity index (χ1) is 15.6. The number of methoxy groups -OCH3 is 1. The normalized spacial score (nSPS) is 14.9. The Morgan fingerprint density at radius 1 is 1.06 bits per heavy atom. The molecule has 1 heterocycles. The first kappa shape index (κ1) is 21.4. The van der Waals surface area contributed by atoms with Gasteiger partial charge in [0.1, 0.15) is 5.75 Å². The zero-order chi connectivity index (χ0) is 22.3. The zero-order valence-electron chi connectivity index (χ0n) is 18.3. The van der Waals surface area contributed by atoms with Crippen LogP contribution in [0.2, 0.25) is 0 Å². The Labute approximate surface area is 188 Å². The summed E-state index contributed by atoms with van der Waals surface area (Å²) in [5, 5.41) is 7.26. The topological polar surface area (TPSA) is 63.2 Å². The fourth-order valence-corrected chi connectivity index (χ4v) is 3.65. The molecule has 1 N–H and O–H groups in total. The third kappa shape index (κ3) is 5.27. The van der Waals surface area contributed by atoms with E-state index in [1.54, 1.807) is 12.0 Å². The predicted molar refractivity (Wildman–Crippen MR) is 126 cm³/mol. The van der Waals surface area contributed by atoms with Crippen molar-refractivity contribution in [1.82, 2.24) is 4.90 Å². The molecule has 0 radical (unpaired) electrons. The summed E-state index contributed by atoms with van der Waals surface area (Å²) in [5.41, 5.74) is 4.82. The fraction of sp³-hybridized carbons (Fsp3) is 0.231. The molecule has 1 aliphatic rings. The van der Waals surface area contributed by atoms with E-state index in [9.17, 15) is 4.79 Å². The zero-order valence-corrected chi connectivity index (χ0v) is 18.3. The molecule has 2 amide bonds. The third-order valence-corrected chi connectivity index (χ3v) is 5.39. The van der Waals surface area contributed by atoms with Gasteiger partial charge in [-0.05, 0) is 30.2 Å². The van der Waals surface area contributed by atoms with Crippen LogP contribution >= 0.6 is 0 Å². The maximum atomic E-state index is 13.2. The number of urea groups is 1. The first-order valence-corrected chi connectivity index (χ1v) is 10.6. The summed E-state index contributed by atoms with van der Waals surface area (Å²) >= 11 is 0. The third-order valence-electron chi connectivity index (χ3n) is 5.39. The van der Waals surface area contributed by atoms with Crippen LogP contribution in [0.15, 0.2) is 84.0 Å². The average Bonchev–Trinajstić information content (AvgIpc) is 3.28. The molecule has 0 saturated heterocycles. The molecule has 164 valence electrons. The van der Waals surface area contributed by atoms with Gasteiger partial charge in [-0.1, -0.05) is 77.4 Å². The number of benzene rings is 3. The van der Waals surface area contributed by atoms with Crippen molar-refractivity contribution in [3.63, 3.8) is 0 Å². The number of anilines is 1. The molecule has 3 aromatic rings. The number of amides is 2. The van der Waals surface area contributed by atoms with E-state index in [0.29, 0.717) is 30.9 Å². The number of carbonyl (C=O) groups is 1. The molecule has 1 aliphatic heterocycles. The number of carbonyl (C=O) groups excluding carboxylic acids is 1. The second kappa shape index (κ2) is 10.0. The maximum absolute atomic E-state index is 13.2. The minimum atomic E-state index is -0.217. The van der Waals surface area contributed by atoms with E-state index >= 15 is 0 Å². The molecule has 0 unspecified atom stereocenters. The molecule has 0 bridgehead atoms. The van der Waals surface area contributed by atoms with Crippen LogP contribution in [-0.2, 0) is 11.4 Å². The number of para-hydroxylation sites is 2. The van der Waals surface area contributed by atoms with Gasteiger partial charge in [0, 0.05) is 13.0 Å². The molecule has 1 atom stereocenters. The van der Waals surface area contributed by atoms with Gasteiger partial charge in [-0.15, -0.1) is 0 Å². The molecule has 0 aromatic heterocycles. The van der Waals surface area contributed by atoms with Crippen LogP contribution in [0.3, 0.4) is 0 Å². The second-order valence-electron chi connectivity index (χ2n) is 7.83. The molecule has 0 spiro atoms. The summed E-state index contributed by atoms with van der Waals surface area (Å²) < 4.78 is 5.37. The van der Waals surface area contributed by atoms with Crippen molar-refractivity contribution in [3.05, 3.63) is 95.6 Å². The van der Waals surface area contributed by atoms with Crippen molar-refractivity contribution in [3.8, 4) is 5.75 Å². The van der Waals surface area contributed by atoms with Gasteiger partial charge >= 0.3 is 6.03 Å². The quantitative estimate of drug-likeness (QED) is 0.559. The number of hydrogen-bond acceptors (Lipinski definition) is 4. The van der Waals surface area contributed by atoms with Gasteiger partial charge in [0.2, 0.25) is 0 Å². The summed E-state index contributed by atoms with van der Waals surface area (Å²) in [5.74, 6) is 0.614. The van der Waals surface area contributed by atoms with Crippen LogP contribution < -0.4 is 10.1 Å². The highest BCUT2D eigenvalue weighted by Gasteiger charge is 2.27. The standard InChI is InChI=1S/C26H27N3O3/c1-19-12-14-21(15-13-19)24-16-22(32-28-24)18-29(17-20-8-4-3-5-9-20)26(30)27-23-10-6-7-11-25(23)31-2/h3-15,22H,16-18H2,1-2H3,(H,27,30)/t22-/m0/s1. The number of ether oxygens (including phenoxy) is 1. The smallest absolute Gasteiger partial charge is 0.322 e. The number of nitrogens with zero attached hydrogens (tertiary/aromatic N) is 2. The highest BCUT2D eigenvalue weighted by molar-refractivity contribution is 6.01. The van der Waals surface area contributed by atoms with Crippen LogP contribution in [0.1, 0.15) is 23.1 Å². The molecular weight excluding hydrogens is 402 g/mol. The monoisotopic (exact) mass is 429 g/mol. The SMILES string of the molecule is COc1ccccc1NC(=O)N(Cc1ccccc1)C[C@@H]1CC(c2ccc(C)cc2)=NO1. The Hall–Kier alpha value is -3.80. The number of rotatable bonds is 7. The van der Waals surface area contributed by atoms with E-state index in [-0.39, 0.29) is 12.1 Å². The Kier molecular flexibility index (Phi) is 6.70. The minimum absolute atomic E-state index is 0.210. The van der Waals surface area contributed by atoms with Crippen molar-refractivity contribution in [2.45, 2.75) is 26.0 Å². The maximum Gasteiger partial charge on any atom is 0.322 e. The van der Waals surface area contributed by atoms with E-state index in [1.807, 2.05) is 54.6 Å². The molecule has 6 nitrogen and oxygen atoms in total. The number of nitrogens with one attached hydrogen (secondary N) is 1. The Balaban J connectivity index is 1.47. The number of hydrogen-bond donors (Lipinski definition) is 1. The van der Waals surface area contributed by atoms with Crippen molar-refractivity contribution in [1.29, 1.82) is 0 Å². The summed E-state index contributed by atoms with van der Waals surface area (Å²) in [6.45, 7) is 2.93. The number of aryl methyl sites for hydroxylation is 1. The largest absolute Gasteiger partial charge is 0.495 e. The lowest BCUT2D eigenvalue weighted by atomic mass is 10.0. The Morgan fingerprint density at radius 3 is 2.53 bits per heavy atom. The van der Waals surface area contributed by atoms with Gasteiger partial charge in [-0.2, -0.15) is 0 Å². The highest BCUT2D eigenvalue weighted by atomic mass is 16.6. The van der Waals surface area contributed by atoms with Crippen LogP contribution in [0.25, 0.3) is 0 Å². The summed E-state index contributed by atoms with van der Waals surface area (Å²) in [7, 11) is 1.59. The molecule has 32 heavy (non-hydrogen) atoms. The molecule has 6 heteroatoms. The number of oxime groups is 1. The van der Waals surface area contributed by atoms with Crippen LogP contribution in [0, 0.1) is 6.92 Å². The van der Waals surface area contributed by atoms with Gasteiger partial charge in [0.05, 0.1) is 25.1 Å². The van der Waals surface area contributed by atoms with E-state index in [2.05, 4.69) is 41.7 Å². The van der Waals surface area contributed by atoms with Crippen molar-refractivity contribution in [2.75, 3.05) is 19.0 Å². The van der Waals surface area contributed by atoms with Gasteiger partial charge in [-0.25, -0.2) is 4.79 Å². The van der Waals surface area contributed by atoms with Crippen molar-refractivity contribution in [2.24, 2.45) is 5.16 Å². The van der Waals surface area contributed by atoms with E-state index in [0.717, 1.165) is 16.8 Å². The summed E-state index contributed by atoms with van der Waals surface area (Å²) in [6, 6.07) is 25.3. The van der Waals surface area contributed by atoms with E-state index in [4.69, 9.17) is 9.57 Å². The predicted octanol–water partition coefficient (Wildman–Crippen LogP) is 5.23. The molecular formula is C26H27N3O3. The summed E-state index contributed by atoms with van der Waals surface area (Å²) in [4.78, 5) is 20.7. The molecule has 4 rings (SSSR count). The van der Waals surface area contributed by atoms with Gasteiger partial charge in [0.15, 0.2) is 6.10 Å². The Morgan fingerprint density at radius 2 is 1.78 bits per heavy atom. The second-order valence-corrected chi connectivity index (χ2v) is 7.83. The lowest BCUT2D eigenvalue weighted by molar-refractivity contribution is 0.0608. The van der Waals surface area contributed by atoms with Crippen molar-refractivity contribution >= 4 is 17.4 Å². The van der Waals surface area contributed by atoms with Crippen LogP contribution in [-0.4, -0.2) is 36.4 Å². The lowest BCUT2D eigenvalue weighted by Crippen LogP contribution is -2.40. The molecule has 0 saturated carbocycles. The van der Waals surface area contributed by atoms with E-state index in [1.165, 1.54) is 5.56 Å². The van der Waals surface area contributed by atoms with Crippen LogP contribution in [0.4, 0.5) is 10.5 Å².